The number of carbonyl (C=O) groups excluding carboxylic acids is 1. The predicted molar refractivity (Wildman–Crippen MR) is 74.4 cm³/mol. The standard InChI is InChI=1S/C12H24N2O5S/c1-13(7-6-12(15)19-3)20(16,17)14-8-4-11(5-9-14)10-18-2/h11H,4-10H2,1-3H3. The van der Waals surface area contributed by atoms with E-state index in [1.54, 1.807) is 7.11 Å². The molecule has 0 atom stereocenters. The molecule has 0 amide bonds. The molecule has 0 spiro atoms. The Labute approximate surface area is 121 Å². The van der Waals surface area contributed by atoms with Gasteiger partial charge in [-0.2, -0.15) is 17.0 Å². The molecule has 1 aliphatic rings. The zero-order chi connectivity index (χ0) is 15.2. The molecule has 20 heavy (non-hydrogen) atoms. The molecule has 1 saturated heterocycles. The summed E-state index contributed by atoms with van der Waals surface area (Å²) in [4.78, 5) is 11.1. The molecule has 1 aliphatic heterocycles. The lowest BCUT2D eigenvalue weighted by molar-refractivity contribution is -0.140. The fourth-order valence-electron chi connectivity index (χ4n) is 2.21. The van der Waals surface area contributed by atoms with E-state index >= 15 is 0 Å². The molecule has 0 aromatic rings. The summed E-state index contributed by atoms with van der Waals surface area (Å²) in [6.07, 6.45) is 1.67. The largest absolute Gasteiger partial charge is 0.469 e. The van der Waals surface area contributed by atoms with E-state index in [2.05, 4.69) is 4.74 Å². The number of rotatable bonds is 7. The summed E-state index contributed by atoms with van der Waals surface area (Å²) in [5, 5.41) is 0. The Morgan fingerprint density at radius 3 is 2.40 bits per heavy atom. The Hall–Kier alpha value is -0.700. The summed E-state index contributed by atoms with van der Waals surface area (Å²) in [6, 6.07) is 0. The molecule has 118 valence electrons. The van der Waals surface area contributed by atoms with Crippen LogP contribution in [0.2, 0.25) is 0 Å². The van der Waals surface area contributed by atoms with Gasteiger partial charge in [0.15, 0.2) is 0 Å². The topological polar surface area (TPSA) is 76.2 Å². The maximum absolute atomic E-state index is 12.3. The summed E-state index contributed by atoms with van der Waals surface area (Å²) < 4.78 is 36.9. The molecule has 0 radical (unpaired) electrons. The summed E-state index contributed by atoms with van der Waals surface area (Å²) in [5.41, 5.74) is 0. The smallest absolute Gasteiger partial charge is 0.306 e. The fraction of sp³-hybridized carbons (Fsp3) is 0.917. The van der Waals surface area contributed by atoms with Gasteiger partial charge in [-0.1, -0.05) is 0 Å². The molecule has 0 aromatic heterocycles. The first-order valence-electron chi connectivity index (χ1n) is 6.69. The van der Waals surface area contributed by atoms with Crippen LogP contribution in [0.3, 0.4) is 0 Å². The minimum absolute atomic E-state index is 0.0619. The second-order valence-corrected chi connectivity index (χ2v) is 6.99. The van der Waals surface area contributed by atoms with Crippen LogP contribution in [-0.4, -0.2) is 70.5 Å². The van der Waals surface area contributed by atoms with Crippen LogP contribution < -0.4 is 0 Å². The monoisotopic (exact) mass is 308 g/mol. The van der Waals surface area contributed by atoms with Crippen LogP contribution in [0.5, 0.6) is 0 Å². The number of esters is 1. The normalized spacial score (nSPS) is 18.4. The number of hydrogen-bond donors (Lipinski definition) is 0. The molecular formula is C12H24N2O5S. The molecule has 0 bridgehead atoms. The minimum Gasteiger partial charge on any atom is -0.469 e. The lowest BCUT2D eigenvalue weighted by Gasteiger charge is -2.33. The number of methoxy groups -OCH3 is 2. The lowest BCUT2D eigenvalue weighted by atomic mass is 9.99. The van der Waals surface area contributed by atoms with Gasteiger partial charge in [0.05, 0.1) is 13.5 Å². The van der Waals surface area contributed by atoms with Gasteiger partial charge in [0, 0.05) is 40.4 Å². The van der Waals surface area contributed by atoms with E-state index in [1.807, 2.05) is 0 Å². The van der Waals surface area contributed by atoms with Gasteiger partial charge in [0.2, 0.25) is 0 Å². The van der Waals surface area contributed by atoms with Crippen LogP contribution in [0, 0.1) is 5.92 Å². The molecule has 7 nitrogen and oxygen atoms in total. The van der Waals surface area contributed by atoms with Crippen molar-refractivity contribution in [1.82, 2.24) is 8.61 Å². The molecular weight excluding hydrogens is 284 g/mol. The highest BCUT2D eigenvalue weighted by Crippen LogP contribution is 2.21. The zero-order valence-electron chi connectivity index (χ0n) is 12.4. The molecule has 0 N–H and O–H groups in total. The van der Waals surface area contributed by atoms with E-state index in [0.717, 1.165) is 12.8 Å². The maximum atomic E-state index is 12.3. The molecule has 0 aromatic carbocycles. The predicted octanol–water partition coefficient (Wildman–Crippen LogP) is 0.0845. The van der Waals surface area contributed by atoms with Crippen molar-refractivity contribution in [3.63, 3.8) is 0 Å². The van der Waals surface area contributed by atoms with Gasteiger partial charge in [-0.15, -0.1) is 0 Å². The van der Waals surface area contributed by atoms with E-state index in [0.29, 0.717) is 25.6 Å². The third kappa shape index (κ3) is 4.69. The zero-order valence-corrected chi connectivity index (χ0v) is 13.2. The maximum Gasteiger partial charge on any atom is 0.306 e. The number of hydrogen-bond acceptors (Lipinski definition) is 5. The Balaban J connectivity index is 2.50. The third-order valence-corrected chi connectivity index (χ3v) is 5.54. The van der Waals surface area contributed by atoms with E-state index < -0.39 is 16.2 Å². The average Bonchev–Trinajstić information content (AvgIpc) is 2.45. The van der Waals surface area contributed by atoms with Gasteiger partial charge in [-0.05, 0) is 18.8 Å². The number of ether oxygens (including phenoxy) is 2. The molecule has 1 fully saturated rings. The van der Waals surface area contributed by atoms with Gasteiger partial charge in [0.25, 0.3) is 10.2 Å². The quantitative estimate of drug-likeness (QED) is 0.623. The molecule has 1 heterocycles. The first-order chi connectivity index (χ1) is 9.41. The van der Waals surface area contributed by atoms with E-state index in [9.17, 15) is 13.2 Å². The average molecular weight is 308 g/mol. The highest BCUT2D eigenvalue weighted by atomic mass is 32.2. The lowest BCUT2D eigenvalue weighted by Crippen LogP contribution is -2.46. The van der Waals surface area contributed by atoms with Gasteiger partial charge in [-0.3, -0.25) is 4.79 Å². The number of piperidine rings is 1. The highest BCUT2D eigenvalue weighted by Gasteiger charge is 2.31. The van der Waals surface area contributed by atoms with Crippen molar-refractivity contribution in [3.8, 4) is 0 Å². The van der Waals surface area contributed by atoms with Crippen LogP contribution in [0.4, 0.5) is 0 Å². The Morgan fingerprint density at radius 1 is 1.30 bits per heavy atom. The second-order valence-electron chi connectivity index (χ2n) is 4.95. The van der Waals surface area contributed by atoms with Crippen LogP contribution in [-0.2, 0) is 24.5 Å². The van der Waals surface area contributed by atoms with Crippen molar-refractivity contribution in [1.29, 1.82) is 0 Å². The molecule has 8 heteroatoms. The van der Waals surface area contributed by atoms with Crippen molar-refractivity contribution in [3.05, 3.63) is 0 Å². The molecule has 0 saturated carbocycles. The van der Waals surface area contributed by atoms with Crippen molar-refractivity contribution >= 4 is 16.2 Å². The van der Waals surface area contributed by atoms with Crippen molar-refractivity contribution < 1.29 is 22.7 Å². The minimum atomic E-state index is -3.49. The Kier molecular flexibility index (Phi) is 6.87. The molecule has 1 rings (SSSR count). The van der Waals surface area contributed by atoms with Crippen molar-refractivity contribution in [2.75, 3.05) is 47.5 Å². The summed E-state index contributed by atoms with van der Waals surface area (Å²) >= 11 is 0. The van der Waals surface area contributed by atoms with E-state index in [-0.39, 0.29) is 13.0 Å². The molecule has 0 unspecified atom stereocenters. The van der Waals surface area contributed by atoms with Crippen LogP contribution in [0.25, 0.3) is 0 Å². The fourth-order valence-corrected chi connectivity index (χ4v) is 3.59. The summed E-state index contributed by atoms with van der Waals surface area (Å²) in [6.45, 7) is 1.80. The molecule has 0 aliphatic carbocycles. The van der Waals surface area contributed by atoms with Crippen molar-refractivity contribution in [2.45, 2.75) is 19.3 Å². The Morgan fingerprint density at radius 2 is 1.90 bits per heavy atom. The van der Waals surface area contributed by atoms with E-state index in [1.165, 1.54) is 22.8 Å². The van der Waals surface area contributed by atoms with Gasteiger partial charge in [-0.25, -0.2) is 0 Å². The van der Waals surface area contributed by atoms with Crippen LogP contribution in [0.15, 0.2) is 0 Å². The van der Waals surface area contributed by atoms with Gasteiger partial charge >= 0.3 is 5.97 Å². The SMILES string of the molecule is COCC1CCN(S(=O)(=O)N(C)CCC(=O)OC)CC1. The number of carbonyl (C=O) groups is 1. The van der Waals surface area contributed by atoms with E-state index in [4.69, 9.17) is 4.74 Å². The summed E-state index contributed by atoms with van der Waals surface area (Å²) in [7, 11) is 0.945. The highest BCUT2D eigenvalue weighted by molar-refractivity contribution is 7.86. The van der Waals surface area contributed by atoms with Crippen LogP contribution in [0.1, 0.15) is 19.3 Å². The van der Waals surface area contributed by atoms with Crippen LogP contribution >= 0.6 is 0 Å². The first-order valence-corrected chi connectivity index (χ1v) is 8.08. The summed E-state index contributed by atoms with van der Waals surface area (Å²) in [5.74, 6) is 0.0117. The Bertz CT molecular complexity index is 404. The second kappa shape index (κ2) is 7.92. The first kappa shape index (κ1) is 17.4. The third-order valence-electron chi connectivity index (χ3n) is 3.55. The van der Waals surface area contributed by atoms with Crippen molar-refractivity contribution in [2.24, 2.45) is 5.92 Å². The number of nitrogens with zero attached hydrogens (tertiary/aromatic N) is 2. The van der Waals surface area contributed by atoms with Gasteiger partial charge < -0.3 is 9.47 Å². The van der Waals surface area contributed by atoms with Gasteiger partial charge in [0.1, 0.15) is 0 Å².